The first kappa shape index (κ1) is 13.8. The van der Waals surface area contributed by atoms with Crippen LogP contribution in [0.1, 0.15) is 12.8 Å². The predicted octanol–water partition coefficient (Wildman–Crippen LogP) is 3.21. The quantitative estimate of drug-likeness (QED) is 0.779. The molecule has 2 atom stereocenters. The number of hydrogen-bond donors (Lipinski definition) is 0. The van der Waals surface area contributed by atoms with Crippen molar-refractivity contribution in [2.24, 2.45) is 0 Å². The molecule has 0 N–H and O–H groups in total. The van der Waals surface area contributed by atoms with E-state index in [1.54, 1.807) is 0 Å². The topological polar surface area (TPSA) is 3.24 Å². The van der Waals surface area contributed by atoms with Crippen LogP contribution in [-0.4, -0.2) is 30.7 Å². The van der Waals surface area contributed by atoms with Crippen molar-refractivity contribution in [3.8, 4) is 0 Å². The SMILES string of the molecule is CN(C)C1CCC1P(c1ccccc1)c1ccccc1. The summed E-state index contributed by atoms with van der Waals surface area (Å²) in [5.41, 5.74) is 0.796. The molecule has 0 saturated heterocycles. The molecule has 0 heterocycles. The molecule has 2 aromatic rings. The lowest BCUT2D eigenvalue weighted by molar-refractivity contribution is 0.201. The van der Waals surface area contributed by atoms with Gasteiger partial charge in [0.1, 0.15) is 0 Å². The third kappa shape index (κ3) is 2.66. The first-order valence-corrected chi connectivity index (χ1v) is 8.74. The molecule has 1 aliphatic rings. The van der Waals surface area contributed by atoms with E-state index in [1.807, 2.05) is 0 Å². The van der Waals surface area contributed by atoms with E-state index < -0.39 is 0 Å². The fraction of sp³-hybridized carbons (Fsp3) is 0.333. The first-order valence-electron chi connectivity index (χ1n) is 7.33. The standard InChI is InChI=1S/C18H22NP/c1-19(2)17-13-14-18(17)20(15-9-5-3-6-10-15)16-11-7-4-8-12-16/h3-12,17-18H,13-14H2,1-2H3. The van der Waals surface area contributed by atoms with Crippen molar-refractivity contribution in [2.45, 2.75) is 24.5 Å². The summed E-state index contributed by atoms with van der Waals surface area (Å²) in [5, 5.41) is 3.04. The highest BCUT2D eigenvalue weighted by atomic mass is 31.1. The van der Waals surface area contributed by atoms with Gasteiger partial charge < -0.3 is 4.90 Å². The predicted molar refractivity (Wildman–Crippen MR) is 89.6 cm³/mol. The second-order valence-electron chi connectivity index (χ2n) is 5.72. The minimum atomic E-state index is -0.239. The Bertz CT molecular complexity index is 498. The molecule has 0 aliphatic heterocycles. The van der Waals surface area contributed by atoms with Gasteiger partial charge in [-0.05, 0) is 45.5 Å². The monoisotopic (exact) mass is 283 g/mol. The van der Waals surface area contributed by atoms with Gasteiger partial charge in [-0.2, -0.15) is 0 Å². The van der Waals surface area contributed by atoms with Gasteiger partial charge in [0.2, 0.25) is 0 Å². The highest BCUT2D eigenvalue weighted by Gasteiger charge is 2.39. The van der Waals surface area contributed by atoms with Crippen LogP contribution in [0.3, 0.4) is 0 Å². The lowest BCUT2D eigenvalue weighted by atomic mass is 9.91. The summed E-state index contributed by atoms with van der Waals surface area (Å²) in [4.78, 5) is 2.41. The molecule has 2 heteroatoms. The molecule has 1 aliphatic carbocycles. The van der Waals surface area contributed by atoms with Crippen LogP contribution in [0, 0.1) is 0 Å². The maximum absolute atomic E-state index is 2.41. The zero-order valence-corrected chi connectivity index (χ0v) is 13.1. The second kappa shape index (κ2) is 6.08. The van der Waals surface area contributed by atoms with Crippen LogP contribution in [0.5, 0.6) is 0 Å². The van der Waals surface area contributed by atoms with E-state index in [0.717, 1.165) is 11.7 Å². The van der Waals surface area contributed by atoms with Crippen LogP contribution in [-0.2, 0) is 0 Å². The average Bonchev–Trinajstić information content (AvgIpc) is 2.44. The van der Waals surface area contributed by atoms with Gasteiger partial charge in [-0.25, -0.2) is 0 Å². The molecule has 1 saturated carbocycles. The Balaban J connectivity index is 1.97. The summed E-state index contributed by atoms with van der Waals surface area (Å²) in [5.74, 6) is 0. The molecule has 0 radical (unpaired) electrons. The Hall–Kier alpha value is -1.17. The maximum atomic E-state index is 2.41. The smallest absolute Gasteiger partial charge is 0.0163 e. The summed E-state index contributed by atoms with van der Waals surface area (Å²) in [6.45, 7) is 0. The summed E-state index contributed by atoms with van der Waals surface area (Å²) in [6.07, 6.45) is 2.70. The fourth-order valence-corrected chi connectivity index (χ4v) is 6.30. The third-order valence-corrected chi connectivity index (χ3v) is 7.24. The van der Waals surface area contributed by atoms with Crippen molar-refractivity contribution in [1.82, 2.24) is 4.90 Å². The lowest BCUT2D eigenvalue weighted by Crippen LogP contribution is -2.48. The Kier molecular flexibility index (Phi) is 4.19. The van der Waals surface area contributed by atoms with Crippen molar-refractivity contribution in [2.75, 3.05) is 14.1 Å². The lowest BCUT2D eigenvalue weighted by Gasteiger charge is -2.46. The maximum Gasteiger partial charge on any atom is 0.0163 e. The molecular formula is C18H22NP. The summed E-state index contributed by atoms with van der Waals surface area (Å²) < 4.78 is 0. The largest absolute Gasteiger partial charge is 0.306 e. The van der Waals surface area contributed by atoms with Gasteiger partial charge in [-0.15, -0.1) is 0 Å². The van der Waals surface area contributed by atoms with Crippen molar-refractivity contribution in [1.29, 1.82) is 0 Å². The molecule has 3 rings (SSSR count). The molecule has 0 amide bonds. The van der Waals surface area contributed by atoms with Crippen molar-refractivity contribution < 1.29 is 0 Å². The average molecular weight is 283 g/mol. The molecule has 1 nitrogen and oxygen atoms in total. The molecule has 0 aromatic heterocycles. The van der Waals surface area contributed by atoms with Crippen molar-refractivity contribution in [3.63, 3.8) is 0 Å². The molecule has 0 bridgehead atoms. The van der Waals surface area contributed by atoms with E-state index in [1.165, 1.54) is 23.5 Å². The van der Waals surface area contributed by atoms with E-state index in [0.29, 0.717) is 0 Å². The zero-order chi connectivity index (χ0) is 13.9. The summed E-state index contributed by atoms with van der Waals surface area (Å²) >= 11 is 0. The zero-order valence-electron chi connectivity index (χ0n) is 12.2. The Morgan fingerprint density at radius 1 is 0.800 bits per heavy atom. The summed E-state index contributed by atoms with van der Waals surface area (Å²) in [7, 11) is 4.21. The van der Waals surface area contributed by atoms with Gasteiger partial charge in [0, 0.05) is 11.7 Å². The number of rotatable bonds is 4. The van der Waals surface area contributed by atoms with E-state index in [4.69, 9.17) is 0 Å². The highest BCUT2D eigenvalue weighted by molar-refractivity contribution is 7.73. The minimum Gasteiger partial charge on any atom is -0.306 e. The second-order valence-corrected chi connectivity index (χ2v) is 8.15. The first-order chi connectivity index (χ1) is 9.77. The van der Waals surface area contributed by atoms with Crippen LogP contribution in [0.2, 0.25) is 0 Å². The van der Waals surface area contributed by atoms with Gasteiger partial charge in [-0.3, -0.25) is 0 Å². The number of benzene rings is 2. The minimum absolute atomic E-state index is 0.239. The molecule has 20 heavy (non-hydrogen) atoms. The normalized spacial score (nSPS) is 22.0. The molecular weight excluding hydrogens is 261 g/mol. The molecule has 2 unspecified atom stereocenters. The summed E-state index contributed by atoms with van der Waals surface area (Å²) in [6, 6.07) is 22.9. The van der Waals surface area contributed by atoms with E-state index in [9.17, 15) is 0 Å². The molecule has 1 fully saturated rings. The van der Waals surface area contributed by atoms with Gasteiger partial charge in [-0.1, -0.05) is 60.7 Å². The van der Waals surface area contributed by atoms with Crippen molar-refractivity contribution in [3.05, 3.63) is 60.7 Å². The third-order valence-electron chi connectivity index (χ3n) is 4.27. The van der Waals surface area contributed by atoms with E-state index in [-0.39, 0.29) is 7.92 Å². The van der Waals surface area contributed by atoms with Crippen LogP contribution < -0.4 is 10.6 Å². The van der Waals surface area contributed by atoms with Gasteiger partial charge in [0.15, 0.2) is 0 Å². The van der Waals surface area contributed by atoms with Crippen LogP contribution in [0.15, 0.2) is 60.7 Å². The number of hydrogen-bond acceptors (Lipinski definition) is 1. The van der Waals surface area contributed by atoms with E-state index in [2.05, 4.69) is 79.7 Å². The van der Waals surface area contributed by atoms with Crippen molar-refractivity contribution >= 4 is 18.5 Å². The molecule has 0 spiro atoms. The highest BCUT2D eigenvalue weighted by Crippen LogP contribution is 2.50. The Morgan fingerprint density at radius 3 is 1.65 bits per heavy atom. The van der Waals surface area contributed by atoms with Gasteiger partial charge in [0.05, 0.1) is 0 Å². The van der Waals surface area contributed by atoms with E-state index >= 15 is 0 Å². The molecule has 104 valence electrons. The van der Waals surface area contributed by atoms with Crippen LogP contribution in [0.25, 0.3) is 0 Å². The fourth-order valence-electron chi connectivity index (χ4n) is 3.08. The van der Waals surface area contributed by atoms with Gasteiger partial charge >= 0.3 is 0 Å². The number of nitrogens with zero attached hydrogens (tertiary/aromatic N) is 1. The van der Waals surface area contributed by atoms with Crippen LogP contribution >= 0.6 is 7.92 Å². The Labute approximate surface area is 123 Å². The van der Waals surface area contributed by atoms with Crippen LogP contribution in [0.4, 0.5) is 0 Å². The molecule has 2 aromatic carbocycles. The Morgan fingerprint density at radius 2 is 1.30 bits per heavy atom. The van der Waals surface area contributed by atoms with Gasteiger partial charge in [0.25, 0.3) is 0 Å².